The van der Waals surface area contributed by atoms with Gasteiger partial charge in [-0.25, -0.2) is 4.98 Å². The van der Waals surface area contributed by atoms with Gasteiger partial charge in [-0.2, -0.15) is 0 Å². The molecule has 2 atom stereocenters. The van der Waals surface area contributed by atoms with E-state index in [9.17, 15) is 0 Å². The summed E-state index contributed by atoms with van der Waals surface area (Å²) in [5.41, 5.74) is 1.10. The van der Waals surface area contributed by atoms with Gasteiger partial charge in [-0.05, 0) is 37.9 Å². The van der Waals surface area contributed by atoms with E-state index in [1.54, 1.807) is 6.20 Å². The lowest BCUT2D eigenvalue weighted by Gasteiger charge is -2.28. The molecule has 1 aromatic heterocycles. The fourth-order valence-electron chi connectivity index (χ4n) is 2.59. The van der Waals surface area contributed by atoms with Crippen molar-refractivity contribution in [2.45, 2.75) is 45.4 Å². The fourth-order valence-corrected chi connectivity index (χ4v) is 2.77. The molecule has 0 bridgehead atoms. The number of likely N-dealkylation sites (N-methyl/N-ethyl adjacent to an activating group) is 1. The Hall–Kier alpha value is -0.840. The molecule has 1 saturated heterocycles. The lowest BCUT2D eigenvalue weighted by Crippen LogP contribution is -2.37. The number of hydrogen-bond donors (Lipinski definition) is 1. The number of pyridine rings is 1. The van der Waals surface area contributed by atoms with Gasteiger partial charge < -0.3 is 15.0 Å². The van der Waals surface area contributed by atoms with Gasteiger partial charge in [0.2, 0.25) is 0 Å². The molecule has 2 heterocycles. The second-order valence-corrected chi connectivity index (χ2v) is 5.76. The van der Waals surface area contributed by atoms with Crippen LogP contribution in [-0.2, 0) is 11.3 Å². The monoisotopic (exact) mass is 297 g/mol. The Morgan fingerprint density at radius 2 is 2.35 bits per heavy atom. The smallest absolute Gasteiger partial charge is 0.128 e. The molecule has 1 N–H and O–H groups in total. The molecule has 0 saturated carbocycles. The van der Waals surface area contributed by atoms with Gasteiger partial charge in [0.25, 0.3) is 0 Å². The number of nitrogens with one attached hydrogen (secondary N) is 1. The molecule has 1 aromatic rings. The summed E-state index contributed by atoms with van der Waals surface area (Å²) in [6.07, 6.45) is 4.16. The number of nitrogens with zero attached hydrogens (tertiary/aromatic N) is 2. The molecule has 0 amide bonds. The van der Waals surface area contributed by atoms with Crippen molar-refractivity contribution < 1.29 is 4.74 Å². The maximum atomic E-state index is 6.22. The van der Waals surface area contributed by atoms with Crippen LogP contribution in [0.15, 0.2) is 12.3 Å². The number of aromatic nitrogens is 1. The molecule has 2 rings (SSSR count). The van der Waals surface area contributed by atoms with Gasteiger partial charge in [-0.1, -0.05) is 18.5 Å². The normalized spacial score (nSPS) is 22.2. The number of halogens is 1. The van der Waals surface area contributed by atoms with Crippen LogP contribution in [0.5, 0.6) is 0 Å². The molecular formula is C15H24ClN3O. The summed E-state index contributed by atoms with van der Waals surface area (Å²) in [5, 5.41) is 4.10. The average Bonchev–Trinajstić information content (AvgIpc) is 2.86. The van der Waals surface area contributed by atoms with E-state index in [1.807, 2.05) is 0 Å². The molecule has 2 unspecified atom stereocenters. The first kappa shape index (κ1) is 15.5. The molecule has 0 radical (unpaired) electrons. The Labute approximate surface area is 126 Å². The van der Waals surface area contributed by atoms with Crippen LogP contribution in [0.4, 0.5) is 5.82 Å². The zero-order valence-corrected chi connectivity index (χ0v) is 13.3. The standard InChI is InChI=1S/C15H24ClN3O/c1-4-6-17-9-12-8-15(18-10-13(12)16)19(3)14-5-7-20-11(14)2/h8,10-11,14,17H,4-7,9H2,1-3H3. The zero-order chi connectivity index (χ0) is 14.5. The van der Waals surface area contributed by atoms with Crippen molar-refractivity contribution in [3.05, 3.63) is 22.8 Å². The number of hydrogen-bond acceptors (Lipinski definition) is 4. The molecule has 20 heavy (non-hydrogen) atoms. The van der Waals surface area contributed by atoms with E-state index in [0.717, 1.165) is 48.9 Å². The van der Waals surface area contributed by atoms with Crippen molar-refractivity contribution in [2.75, 3.05) is 25.1 Å². The summed E-state index contributed by atoms with van der Waals surface area (Å²) in [4.78, 5) is 6.66. The van der Waals surface area contributed by atoms with E-state index in [0.29, 0.717) is 6.04 Å². The van der Waals surface area contributed by atoms with Gasteiger partial charge in [0.1, 0.15) is 5.82 Å². The van der Waals surface area contributed by atoms with Crippen LogP contribution in [0.2, 0.25) is 5.02 Å². The zero-order valence-electron chi connectivity index (χ0n) is 12.5. The SMILES string of the molecule is CCCNCc1cc(N(C)C2CCOC2C)ncc1Cl. The van der Waals surface area contributed by atoms with Crippen molar-refractivity contribution in [3.63, 3.8) is 0 Å². The highest BCUT2D eigenvalue weighted by molar-refractivity contribution is 6.31. The minimum Gasteiger partial charge on any atom is -0.376 e. The van der Waals surface area contributed by atoms with Crippen molar-refractivity contribution >= 4 is 17.4 Å². The Morgan fingerprint density at radius 3 is 3.00 bits per heavy atom. The van der Waals surface area contributed by atoms with Crippen LogP contribution < -0.4 is 10.2 Å². The van der Waals surface area contributed by atoms with E-state index in [2.05, 4.69) is 42.2 Å². The summed E-state index contributed by atoms with van der Waals surface area (Å²) in [5.74, 6) is 0.963. The second kappa shape index (κ2) is 7.25. The highest BCUT2D eigenvalue weighted by Gasteiger charge is 2.28. The van der Waals surface area contributed by atoms with Gasteiger partial charge >= 0.3 is 0 Å². The highest BCUT2D eigenvalue weighted by Crippen LogP contribution is 2.25. The molecule has 1 aliphatic rings. The Bertz CT molecular complexity index is 441. The lowest BCUT2D eigenvalue weighted by atomic mass is 10.1. The summed E-state index contributed by atoms with van der Waals surface area (Å²) in [6, 6.07) is 2.47. The third-order valence-electron chi connectivity index (χ3n) is 3.86. The average molecular weight is 298 g/mol. The predicted molar refractivity (Wildman–Crippen MR) is 83.5 cm³/mol. The summed E-state index contributed by atoms with van der Waals surface area (Å²) >= 11 is 6.22. The summed E-state index contributed by atoms with van der Waals surface area (Å²) < 4.78 is 5.63. The van der Waals surface area contributed by atoms with Crippen molar-refractivity contribution in [1.29, 1.82) is 0 Å². The minimum absolute atomic E-state index is 0.249. The summed E-state index contributed by atoms with van der Waals surface area (Å²) in [7, 11) is 2.08. The largest absolute Gasteiger partial charge is 0.376 e. The second-order valence-electron chi connectivity index (χ2n) is 5.35. The molecule has 0 aliphatic carbocycles. The van der Waals surface area contributed by atoms with E-state index in [1.165, 1.54) is 0 Å². The van der Waals surface area contributed by atoms with Gasteiger partial charge in [-0.3, -0.25) is 0 Å². The Balaban J connectivity index is 2.09. The quantitative estimate of drug-likeness (QED) is 0.819. The number of ether oxygens (including phenoxy) is 1. The molecule has 0 spiro atoms. The Morgan fingerprint density at radius 1 is 1.55 bits per heavy atom. The van der Waals surface area contributed by atoms with Crippen LogP contribution in [-0.4, -0.2) is 37.3 Å². The molecule has 112 valence electrons. The van der Waals surface area contributed by atoms with Crippen LogP contribution in [0.25, 0.3) is 0 Å². The Kier molecular flexibility index (Phi) is 5.64. The van der Waals surface area contributed by atoms with Crippen LogP contribution in [0.3, 0.4) is 0 Å². The molecule has 5 heteroatoms. The first-order valence-electron chi connectivity index (χ1n) is 7.33. The van der Waals surface area contributed by atoms with Gasteiger partial charge in [0, 0.05) is 26.4 Å². The molecular weight excluding hydrogens is 274 g/mol. The molecule has 4 nitrogen and oxygen atoms in total. The van der Waals surface area contributed by atoms with Gasteiger partial charge in [0.15, 0.2) is 0 Å². The molecule has 0 aromatic carbocycles. The van der Waals surface area contributed by atoms with E-state index >= 15 is 0 Å². The third-order valence-corrected chi connectivity index (χ3v) is 4.20. The van der Waals surface area contributed by atoms with E-state index in [-0.39, 0.29) is 6.10 Å². The van der Waals surface area contributed by atoms with Crippen LogP contribution >= 0.6 is 11.6 Å². The summed E-state index contributed by atoms with van der Waals surface area (Å²) in [6.45, 7) is 6.88. The maximum Gasteiger partial charge on any atom is 0.128 e. The third kappa shape index (κ3) is 3.62. The van der Waals surface area contributed by atoms with Gasteiger partial charge in [-0.15, -0.1) is 0 Å². The van der Waals surface area contributed by atoms with E-state index < -0.39 is 0 Å². The maximum absolute atomic E-state index is 6.22. The minimum atomic E-state index is 0.249. The number of anilines is 1. The predicted octanol–water partition coefficient (Wildman–Crippen LogP) is 2.85. The molecule has 1 aliphatic heterocycles. The number of rotatable bonds is 6. The first-order chi connectivity index (χ1) is 9.63. The van der Waals surface area contributed by atoms with Crippen LogP contribution in [0, 0.1) is 0 Å². The first-order valence-corrected chi connectivity index (χ1v) is 7.70. The van der Waals surface area contributed by atoms with Crippen LogP contribution in [0.1, 0.15) is 32.3 Å². The van der Waals surface area contributed by atoms with Crippen molar-refractivity contribution in [2.24, 2.45) is 0 Å². The lowest BCUT2D eigenvalue weighted by molar-refractivity contribution is 0.118. The van der Waals surface area contributed by atoms with E-state index in [4.69, 9.17) is 16.3 Å². The fraction of sp³-hybridized carbons (Fsp3) is 0.667. The van der Waals surface area contributed by atoms with Gasteiger partial charge in [0.05, 0.1) is 17.2 Å². The topological polar surface area (TPSA) is 37.4 Å². The van der Waals surface area contributed by atoms with Crippen molar-refractivity contribution in [1.82, 2.24) is 10.3 Å². The molecule has 1 fully saturated rings. The van der Waals surface area contributed by atoms with Crippen molar-refractivity contribution in [3.8, 4) is 0 Å². The highest BCUT2D eigenvalue weighted by atomic mass is 35.5.